The summed E-state index contributed by atoms with van der Waals surface area (Å²) < 4.78 is 15.0. The highest BCUT2D eigenvalue weighted by molar-refractivity contribution is 7.99. The average Bonchev–Trinajstić information content (AvgIpc) is 3.08. The molecule has 1 amide bonds. The molecule has 134 valence electrons. The fraction of sp³-hybridized carbons (Fsp3) is 0.211. The number of amides is 1. The van der Waals surface area contributed by atoms with Crippen molar-refractivity contribution < 1.29 is 9.18 Å². The molecule has 0 saturated carbocycles. The first kappa shape index (κ1) is 18.1. The predicted octanol–water partition coefficient (Wildman–Crippen LogP) is 4.26. The van der Waals surface area contributed by atoms with Crippen LogP contribution in [0.2, 0.25) is 0 Å². The third kappa shape index (κ3) is 4.49. The van der Waals surface area contributed by atoms with Gasteiger partial charge in [0.2, 0.25) is 5.91 Å². The molecule has 1 aromatic heterocycles. The molecule has 3 aromatic rings. The third-order valence-corrected chi connectivity index (χ3v) is 4.74. The molecule has 2 aromatic carbocycles. The SMILES string of the molecule is CC(C)c1ccc(-n2cnnc2SCC(=O)Nc2cccc(F)c2)cc1. The molecule has 0 aliphatic carbocycles. The van der Waals surface area contributed by atoms with E-state index < -0.39 is 0 Å². The van der Waals surface area contributed by atoms with Crippen LogP contribution in [0.4, 0.5) is 10.1 Å². The van der Waals surface area contributed by atoms with Crippen LogP contribution in [-0.4, -0.2) is 26.4 Å². The Kier molecular flexibility index (Phi) is 5.68. The Bertz CT molecular complexity index is 893. The number of aromatic nitrogens is 3. The standard InChI is InChI=1S/C19H19FN4OS/c1-13(2)14-6-8-17(9-7-14)24-12-21-23-19(24)26-11-18(25)22-16-5-3-4-15(20)10-16/h3-10,12-13H,11H2,1-2H3,(H,22,25). The lowest BCUT2D eigenvalue weighted by molar-refractivity contribution is -0.113. The summed E-state index contributed by atoms with van der Waals surface area (Å²) in [6.45, 7) is 4.29. The van der Waals surface area contributed by atoms with Gasteiger partial charge in [-0.25, -0.2) is 4.39 Å². The van der Waals surface area contributed by atoms with E-state index in [9.17, 15) is 9.18 Å². The smallest absolute Gasteiger partial charge is 0.234 e. The lowest BCUT2D eigenvalue weighted by atomic mass is 10.0. The Morgan fingerprint density at radius 1 is 1.23 bits per heavy atom. The number of hydrogen-bond acceptors (Lipinski definition) is 4. The van der Waals surface area contributed by atoms with Gasteiger partial charge in [0.25, 0.3) is 0 Å². The number of hydrogen-bond donors (Lipinski definition) is 1. The van der Waals surface area contributed by atoms with Gasteiger partial charge in [0, 0.05) is 11.4 Å². The summed E-state index contributed by atoms with van der Waals surface area (Å²) in [5.41, 5.74) is 2.62. The van der Waals surface area contributed by atoms with Gasteiger partial charge in [-0.05, 0) is 41.8 Å². The first-order valence-electron chi connectivity index (χ1n) is 8.21. The van der Waals surface area contributed by atoms with Crippen molar-refractivity contribution in [1.82, 2.24) is 14.8 Å². The van der Waals surface area contributed by atoms with E-state index >= 15 is 0 Å². The van der Waals surface area contributed by atoms with Gasteiger partial charge in [-0.2, -0.15) is 0 Å². The molecule has 7 heteroatoms. The van der Waals surface area contributed by atoms with E-state index in [0.717, 1.165) is 5.69 Å². The minimum Gasteiger partial charge on any atom is -0.325 e. The Balaban J connectivity index is 1.64. The van der Waals surface area contributed by atoms with Crippen LogP contribution in [-0.2, 0) is 4.79 Å². The maximum absolute atomic E-state index is 13.2. The summed E-state index contributed by atoms with van der Waals surface area (Å²) in [7, 11) is 0. The molecule has 0 atom stereocenters. The highest BCUT2D eigenvalue weighted by Crippen LogP contribution is 2.22. The predicted molar refractivity (Wildman–Crippen MR) is 101 cm³/mol. The van der Waals surface area contributed by atoms with Crippen molar-refractivity contribution in [1.29, 1.82) is 0 Å². The normalized spacial score (nSPS) is 10.9. The number of carbonyl (C=O) groups excluding carboxylic acids is 1. The zero-order valence-electron chi connectivity index (χ0n) is 14.5. The molecule has 0 fully saturated rings. The summed E-state index contributed by atoms with van der Waals surface area (Å²) in [4.78, 5) is 12.1. The van der Waals surface area contributed by atoms with E-state index in [1.165, 1.54) is 29.5 Å². The molecule has 3 rings (SSSR count). The zero-order chi connectivity index (χ0) is 18.5. The molecule has 0 spiro atoms. The van der Waals surface area contributed by atoms with Gasteiger partial charge >= 0.3 is 0 Å². The van der Waals surface area contributed by atoms with Crippen molar-refractivity contribution >= 4 is 23.4 Å². The van der Waals surface area contributed by atoms with Crippen LogP contribution >= 0.6 is 11.8 Å². The van der Waals surface area contributed by atoms with Crippen molar-refractivity contribution in [2.45, 2.75) is 24.9 Å². The lowest BCUT2D eigenvalue weighted by Crippen LogP contribution is -2.14. The van der Waals surface area contributed by atoms with E-state index in [1.54, 1.807) is 18.5 Å². The van der Waals surface area contributed by atoms with Crippen LogP contribution in [0.15, 0.2) is 60.0 Å². The zero-order valence-corrected chi connectivity index (χ0v) is 15.3. The van der Waals surface area contributed by atoms with E-state index in [4.69, 9.17) is 0 Å². The maximum atomic E-state index is 13.2. The monoisotopic (exact) mass is 370 g/mol. The molecular weight excluding hydrogens is 351 g/mol. The van der Waals surface area contributed by atoms with Gasteiger partial charge in [0.05, 0.1) is 5.75 Å². The fourth-order valence-electron chi connectivity index (χ4n) is 2.41. The number of nitrogens with zero attached hydrogens (tertiary/aromatic N) is 3. The summed E-state index contributed by atoms with van der Waals surface area (Å²) >= 11 is 1.27. The Morgan fingerprint density at radius 2 is 2.00 bits per heavy atom. The highest BCUT2D eigenvalue weighted by Gasteiger charge is 2.11. The Morgan fingerprint density at radius 3 is 2.69 bits per heavy atom. The topological polar surface area (TPSA) is 59.8 Å². The van der Waals surface area contributed by atoms with Crippen LogP contribution in [0.1, 0.15) is 25.3 Å². The second-order valence-electron chi connectivity index (χ2n) is 6.08. The van der Waals surface area contributed by atoms with E-state index in [1.807, 2.05) is 16.7 Å². The van der Waals surface area contributed by atoms with Crippen LogP contribution in [0, 0.1) is 5.82 Å². The van der Waals surface area contributed by atoms with E-state index in [0.29, 0.717) is 16.8 Å². The number of rotatable bonds is 6. The number of benzene rings is 2. The second-order valence-corrected chi connectivity index (χ2v) is 7.02. The Labute approximate surface area is 155 Å². The maximum Gasteiger partial charge on any atom is 0.234 e. The molecule has 5 nitrogen and oxygen atoms in total. The molecular formula is C19H19FN4OS. The largest absolute Gasteiger partial charge is 0.325 e. The van der Waals surface area contributed by atoms with Gasteiger partial charge in [0.15, 0.2) is 5.16 Å². The van der Waals surface area contributed by atoms with Gasteiger partial charge in [0.1, 0.15) is 12.1 Å². The molecule has 0 aliphatic rings. The fourth-order valence-corrected chi connectivity index (χ4v) is 3.14. The Hall–Kier alpha value is -2.67. The molecule has 0 unspecified atom stereocenters. The van der Waals surface area contributed by atoms with Crippen LogP contribution in [0.25, 0.3) is 5.69 Å². The summed E-state index contributed by atoms with van der Waals surface area (Å²) in [6, 6.07) is 14.0. The first-order chi connectivity index (χ1) is 12.5. The van der Waals surface area contributed by atoms with Crippen LogP contribution in [0.3, 0.4) is 0 Å². The minimum atomic E-state index is -0.389. The number of nitrogens with one attached hydrogen (secondary N) is 1. The lowest BCUT2D eigenvalue weighted by Gasteiger charge is -2.09. The summed E-state index contributed by atoms with van der Waals surface area (Å²) in [6.07, 6.45) is 1.62. The van der Waals surface area contributed by atoms with Crippen molar-refractivity contribution in [3.63, 3.8) is 0 Å². The van der Waals surface area contributed by atoms with Crippen LogP contribution < -0.4 is 5.32 Å². The molecule has 1 N–H and O–H groups in total. The molecule has 0 radical (unpaired) electrons. The van der Waals surface area contributed by atoms with Gasteiger partial charge in [-0.1, -0.05) is 43.8 Å². The van der Waals surface area contributed by atoms with Crippen molar-refractivity contribution in [2.75, 3.05) is 11.1 Å². The third-order valence-electron chi connectivity index (χ3n) is 3.80. The number of thioether (sulfide) groups is 1. The van der Waals surface area contributed by atoms with Gasteiger partial charge < -0.3 is 5.32 Å². The molecule has 0 aliphatic heterocycles. The summed E-state index contributed by atoms with van der Waals surface area (Å²) in [5.74, 6) is -0.00472. The van der Waals surface area contributed by atoms with Crippen molar-refractivity contribution in [3.05, 3.63) is 66.2 Å². The quantitative estimate of drug-likeness (QED) is 0.659. The number of anilines is 1. The van der Waals surface area contributed by atoms with Gasteiger partial charge in [-0.3, -0.25) is 9.36 Å². The minimum absolute atomic E-state index is 0.152. The molecule has 26 heavy (non-hydrogen) atoms. The van der Waals surface area contributed by atoms with Crippen molar-refractivity contribution in [2.24, 2.45) is 0 Å². The molecule has 1 heterocycles. The number of halogens is 1. The van der Waals surface area contributed by atoms with E-state index in [-0.39, 0.29) is 17.5 Å². The molecule has 0 bridgehead atoms. The first-order valence-corrected chi connectivity index (χ1v) is 9.20. The van der Waals surface area contributed by atoms with Gasteiger partial charge in [-0.15, -0.1) is 10.2 Å². The summed E-state index contributed by atoms with van der Waals surface area (Å²) in [5, 5.41) is 11.3. The molecule has 0 saturated heterocycles. The highest BCUT2D eigenvalue weighted by atomic mass is 32.2. The second kappa shape index (κ2) is 8.14. The van der Waals surface area contributed by atoms with Crippen molar-refractivity contribution in [3.8, 4) is 5.69 Å². The van der Waals surface area contributed by atoms with E-state index in [2.05, 4.69) is 41.5 Å². The average molecular weight is 370 g/mol. The number of carbonyl (C=O) groups is 1. The van der Waals surface area contributed by atoms with Crippen LogP contribution in [0.5, 0.6) is 0 Å².